The van der Waals surface area contributed by atoms with E-state index >= 15 is 0 Å². The largest absolute Gasteiger partial charge is 0.442 e. The Balaban J connectivity index is 1.36. The lowest BCUT2D eigenvalue weighted by Crippen LogP contribution is -2.52. The summed E-state index contributed by atoms with van der Waals surface area (Å²) in [5.74, 6) is -0.838. The number of carbonyl (C=O) groups excluding carboxylic acids is 2. The van der Waals surface area contributed by atoms with Crippen molar-refractivity contribution in [1.29, 1.82) is 0 Å². The molecular formula is C33H28F3N5O6. The summed E-state index contributed by atoms with van der Waals surface area (Å²) in [4.78, 5) is 39.3. The molecule has 2 aromatic carbocycles. The van der Waals surface area contributed by atoms with E-state index in [9.17, 15) is 22.8 Å². The van der Waals surface area contributed by atoms with Gasteiger partial charge in [0.25, 0.3) is 11.5 Å². The summed E-state index contributed by atoms with van der Waals surface area (Å²) in [5, 5.41) is 2.74. The van der Waals surface area contributed by atoms with E-state index in [1.807, 2.05) is 0 Å². The van der Waals surface area contributed by atoms with E-state index in [2.05, 4.69) is 26.2 Å². The maximum atomic E-state index is 14.6. The molecule has 11 nitrogen and oxygen atoms in total. The monoisotopic (exact) mass is 647 g/mol. The van der Waals surface area contributed by atoms with Crippen molar-refractivity contribution in [2.75, 3.05) is 12.4 Å². The summed E-state index contributed by atoms with van der Waals surface area (Å²) in [6.45, 7) is 3.33. The van der Waals surface area contributed by atoms with Gasteiger partial charge in [0, 0.05) is 23.8 Å². The van der Waals surface area contributed by atoms with Crippen LogP contribution in [-0.4, -0.2) is 68.8 Å². The predicted molar refractivity (Wildman–Crippen MR) is 161 cm³/mol. The number of hydrogen-bond donors (Lipinski definition) is 1. The Kier molecular flexibility index (Phi) is 8.08. The standard InChI is InChI=1S/C33H28F3N5O6/c1-5-23(45-30(43)32(44-4,33(34,35)36)20-14-10-7-11-15-20)21-16-22(26-25(21)46-31(2,3)47-26)41-18-39-24-27(37-17-38-28(24)41)40-29(42)19-12-8-6-9-13-19/h1,6-18,22-23,25-26H,2-4H3,(H,37,38,40,42)/t22-,23-,25-,26+,32+/m1/s1. The van der Waals surface area contributed by atoms with Crippen molar-refractivity contribution in [2.45, 2.75) is 55.8 Å². The minimum Gasteiger partial charge on any atom is -0.442 e. The van der Waals surface area contributed by atoms with Crippen LogP contribution in [0.3, 0.4) is 0 Å². The van der Waals surface area contributed by atoms with Crippen LogP contribution < -0.4 is 5.32 Å². The average molecular weight is 648 g/mol. The first kappa shape index (κ1) is 31.9. The zero-order chi connectivity index (χ0) is 33.6. The van der Waals surface area contributed by atoms with E-state index in [0.717, 1.165) is 19.2 Å². The molecule has 47 heavy (non-hydrogen) atoms. The molecule has 14 heteroatoms. The number of amides is 1. The van der Waals surface area contributed by atoms with Gasteiger partial charge in [0.15, 0.2) is 28.9 Å². The number of fused-ring (bicyclic) bond motifs is 2. The fourth-order valence-electron chi connectivity index (χ4n) is 5.86. The van der Waals surface area contributed by atoms with Gasteiger partial charge in [-0.2, -0.15) is 13.2 Å². The van der Waals surface area contributed by atoms with Gasteiger partial charge in [-0.25, -0.2) is 19.7 Å². The molecule has 1 fully saturated rings. The molecule has 2 aliphatic rings. The van der Waals surface area contributed by atoms with Crippen molar-refractivity contribution < 1.29 is 41.7 Å². The Bertz CT molecular complexity index is 1890. The Labute approximate surface area is 266 Å². The second-order valence-electron chi connectivity index (χ2n) is 11.2. The highest BCUT2D eigenvalue weighted by molar-refractivity contribution is 6.06. The number of ether oxygens (including phenoxy) is 4. The van der Waals surface area contributed by atoms with Crippen LogP contribution in [0.1, 0.15) is 35.8 Å². The number of nitrogens with zero attached hydrogens (tertiary/aromatic N) is 4. The zero-order valence-corrected chi connectivity index (χ0v) is 25.3. The van der Waals surface area contributed by atoms with Gasteiger partial charge in [-0.1, -0.05) is 60.5 Å². The third-order valence-electron chi connectivity index (χ3n) is 7.96. The van der Waals surface area contributed by atoms with Crippen molar-refractivity contribution in [3.63, 3.8) is 0 Å². The average Bonchev–Trinajstić information content (AvgIpc) is 3.71. The minimum absolute atomic E-state index is 0.157. The fraction of sp³-hybridized carbons (Fsp3) is 0.303. The molecule has 3 heterocycles. The number of aromatic nitrogens is 4. The summed E-state index contributed by atoms with van der Waals surface area (Å²) < 4.78 is 68.0. The lowest BCUT2D eigenvalue weighted by molar-refractivity contribution is -0.277. The smallest absolute Gasteiger partial charge is 0.432 e. The molecule has 4 aromatic rings. The van der Waals surface area contributed by atoms with Crippen LogP contribution in [0.2, 0.25) is 0 Å². The first-order valence-corrected chi connectivity index (χ1v) is 14.4. The molecule has 0 spiro atoms. The van der Waals surface area contributed by atoms with Gasteiger partial charge in [-0.05, 0) is 26.0 Å². The van der Waals surface area contributed by atoms with E-state index in [1.54, 1.807) is 54.8 Å². The number of esters is 1. The molecule has 0 radical (unpaired) electrons. The summed E-state index contributed by atoms with van der Waals surface area (Å²) in [6, 6.07) is 14.2. The van der Waals surface area contributed by atoms with Crippen molar-refractivity contribution in [2.24, 2.45) is 0 Å². The van der Waals surface area contributed by atoms with Crippen LogP contribution in [0.5, 0.6) is 0 Å². The Morgan fingerprint density at radius 2 is 1.72 bits per heavy atom. The first-order chi connectivity index (χ1) is 22.4. The predicted octanol–water partition coefficient (Wildman–Crippen LogP) is 4.73. The molecule has 1 amide bonds. The van der Waals surface area contributed by atoms with E-state index in [4.69, 9.17) is 25.4 Å². The molecule has 2 aromatic heterocycles. The molecule has 1 aliphatic heterocycles. The highest BCUT2D eigenvalue weighted by atomic mass is 19.4. The molecule has 0 bridgehead atoms. The van der Waals surface area contributed by atoms with Gasteiger partial charge in [0.2, 0.25) is 0 Å². The van der Waals surface area contributed by atoms with Gasteiger partial charge >= 0.3 is 12.1 Å². The summed E-state index contributed by atoms with van der Waals surface area (Å²) >= 11 is 0. The number of benzene rings is 2. The van der Waals surface area contributed by atoms with Crippen molar-refractivity contribution in [3.8, 4) is 12.3 Å². The van der Waals surface area contributed by atoms with Gasteiger partial charge in [0.05, 0.1) is 12.4 Å². The van der Waals surface area contributed by atoms with Crippen LogP contribution in [0.4, 0.5) is 19.0 Å². The highest BCUT2D eigenvalue weighted by Gasteiger charge is 2.65. The number of terminal acetylenes is 1. The highest BCUT2D eigenvalue weighted by Crippen LogP contribution is 2.47. The molecule has 6 rings (SSSR count). The van der Waals surface area contributed by atoms with Gasteiger partial charge in [-0.3, -0.25) is 4.79 Å². The van der Waals surface area contributed by atoms with Crippen LogP contribution in [0, 0.1) is 12.3 Å². The maximum absolute atomic E-state index is 14.6. The Morgan fingerprint density at radius 1 is 1.04 bits per heavy atom. The summed E-state index contributed by atoms with van der Waals surface area (Å²) in [5.41, 5.74) is -2.75. The minimum atomic E-state index is -5.20. The number of hydrogen-bond acceptors (Lipinski definition) is 9. The lowest BCUT2D eigenvalue weighted by Gasteiger charge is -2.33. The number of carbonyl (C=O) groups is 2. The van der Waals surface area contributed by atoms with Crippen molar-refractivity contribution in [1.82, 2.24) is 19.5 Å². The number of imidazole rings is 1. The molecule has 5 atom stereocenters. The van der Waals surface area contributed by atoms with E-state index < -0.39 is 59.4 Å². The SMILES string of the molecule is C#C[C@@H](OC(=O)[C@@](OC)(c1ccccc1)C(F)(F)F)C1=C[C@@H](n2cnc3c(NC(=O)c4ccccc4)ncnc32)[C@@H]2OC(C)(C)O[C@H]12. The third kappa shape index (κ3) is 5.52. The van der Waals surface area contributed by atoms with Crippen LogP contribution in [0.25, 0.3) is 11.2 Å². The number of halogens is 3. The molecule has 0 saturated carbocycles. The first-order valence-electron chi connectivity index (χ1n) is 14.4. The topological polar surface area (TPSA) is 127 Å². The number of nitrogens with one attached hydrogen (secondary N) is 1. The van der Waals surface area contributed by atoms with Crippen LogP contribution >= 0.6 is 0 Å². The fourth-order valence-corrected chi connectivity index (χ4v) is 5.86. The Hall–Kier alpha value is -5.10. The molecular weight excluding hydrogens is 619 g/mol. The van der Waals surface area contributed by atoms with Gasteiger partial charge < -0.3 is 28.8 Å². The normalized spacial score (nSPS) is 22.1. The molecule has 1 aliphatic carbocycles. The summed E-state index contributed by atoms with van der Waals surface area (Å²) in [7, 11) is 0.770. The van der Waals surface area contributed by atoms with Crippen LogP contribution in [0.15, 0.2) is 85.0 Å². The summed E-state index contributed by atoms with van der Waals surface area (Å²) in [6.07, 6.45) is 1.61. The molecule has 0 unspecified atom stereocenters. The van der Waals surface area contributed by atoms with Crippen molar-refractivity contribution >= 4 is 28.9 Å². The maximum Gasteiger partial charge on any atom is 0.432 e. The molecule has 1 saturated heterocycles. The van der Waals surface area contributed by atoms with E-state index in [1.165, 1.54) is 30.9 Å². The number of anilines is 1. The number of alkyl halides is 3. The zero-order valence-electron chi connectivity index (χ0n) is 25.3. The third-order valence-corrected chi connectivity index (χ3v) is 7.96. The van der Waals surface area contributed by atoms with E-state index in [-0.39, 0.29) is 16.9 Å². The van der Waals surface area contributed by atoms with Gasteiger partial charge in [-0.15, -0.1) is 6.42 Å². The molecule has 1 N–H and O–H groups in total. The van der Waals surface area contributed by atoms with E-state index in [0.29, 0.717) is 11.2 Å². The van der Waals surface area contributed by atoms with Crippen LogP contribution in [-0.2, 0) is 29.3 Å². The second kappa shape index (κ2) is 11.9. The van der Waals surface area contributed by atoms with Crippen molar-refractivity contribution in [3.05, 3.63) is 96.1 Å². The van der Waals surface area contributed by atoms with Gasteiger partial charge in [0.1, 0.15) is 18.5 Å². The molecule has 242 valence electrons. The lowest BCUT2D eigenvalue weighted by atomic mass is 9.92. The Morgan fingerprint density at radius 3 is 2.36 bits per heavy atom. The quantitative estimate of drug-likeness (QED) is 0.164. The second-order valence-corrected chi connectivity index (χ2v) is 11.2. The number of rotatable bonds is 8. The number of methoxy groups -OCH3 is 1.